The first-order valence-electron chi connectivity index (χ1n) is 9.54. The fourth-order valence-corrected chi connectivity index (χ4v) is 3.01. The van der Waals surface area contributed by atoms with Gasteiger partial charge in [0, 0.05) is 36.5 Å². The number of aromatic nitrogens is 1. The van der Waals surface area contributed by atoms with Gasteiger partial charge in [0.15, 0.2) is 17.5 Å². The summed E-state index contributed by atoms with van der Waals surface area (Å²) in [5.41, 5.74) is 3.25. The second kappa shape index (κ2) is 11.2. The molecule has 1 heterocycles. The second-order valence-corrected chi connectivity index (χ2v) is 6.38. The van der Waals surface area contributed by atoms with E-state index >= 15 is 0 Å². The molecule has 0 aliphatic heterocycles. The highest BCUT2D eigenvalue weighted by atomic mass is 19.3. The zero-order chi connectivity index (χ0) is 22.1. The zero-order valence-electron chi connectivity index (χ0n) is 17.9. The number of para-hydroxylation sites is 1. The predicted molar refractivity (Wildman–Crippen MR) is 112 cm³/mol. The monoisotopic (exact) mass is 422 g/mol. The predicted octanol–water partition coefficient (Wildman–Crippen LogP) is 3.57. The Labute approximate surface area is 175 Å². The highest BCUT2D eigenvalue weighted by Crippen LogP contribution is 2.32. The van der Waals surface area contributed by atoms with E-state index in [2.05, 4.69) is 20.6 Å². The minimum atomic E-state index is -2.95. The van der Waals surface area contributed by atoms with Gasteiger partial charge < -0.3 is 24.8 Å². The molecule has 0 fully saturated rings. The number of aryl methyl sites for hydroxylation is 1. The standard InChI is InChI=1S/C21H28F2N4O3/c1-6-29-17-9-7-8-15(19(17)30-20(22)23)11-26-21(24-4)27-12-16-14(3)18(28-5)13(2)10-25-16/h7-10,20H,6,11-12H2,1-5H3,(H2,24,26,27). The van der Waals surface area contributed by atoms with Crippen LogP contribution < -0.4 is 24.8 Å². The van der Waals surface area contributed by atoms with Gasteiger partial charge in [0.05, 0.1) is 26.0 Å². The van der Waals surface area contributed by atoms with Crippen molar-refractivity contribution < 1.29 is 23.0 Å². The number of hydrogen-bond acceptors (Lipinski definition) is 5. The number of methoxy groups -OCH3 is 1. The number of hydrogen-bond donors (Lipinski definition) is 2. The van der Waals surface area contributed by atoms with Crippen LogP contribution in [0.5, 0.6) is 17.2 Å². The van der Waals surface area contributed by atoms with Gasteiger partial charge in [0.2, 0.25) is 0 Å². The maximum Gasteiger partial charge on any atom is 0.387 e. The van der Waals surface area contributed by atoms with E-state index in [1.807, 2.05) is 13.8 Å². The molecule has 30 heavy (non-hydrogen) atoms. The molecular weight excluding hydrogens is 394 g/mol. The third kappa shape index (κ3) is 5.95. The first-order valence-corrected chi connectivity index (χ1v) is 9.54. The van der Waals surface area contributed by atoms with Crippen LogP contribution in [0, 0.1) is 13.8 Å². The van der Waals surface area contributed by atoms with E-state index in [1.165, 1.54) is 0 Å². The molecule has 7 nitrogen and oxygen atoms in total. The minimum Gasteiger partial charge on any atom is -0.496 e. The summed E-state index contributed by atoms with van der Waals surface area (Å²) in [6.07, 6.45) is 1.76. The van der Waals surface area contributed by atoms with Gasteiger partial charge in [-0.15, -0.1) is 0 Å². The van der Waals surface area contributed by atoms with Crippen LogP contribution in [0.4, 0.5) is 8.78 Å². The first kappa shape index (κ1) is 23.2. The molecule has 1 aromatic carbocycles. The Morgan fingerprint density at radius 1 is 1.17 bits per heavy atom. The fourth-order valence-electron chi connectivity index (χ4n) is 3.01. The Bertz CT molecular complexity index is 876. The van der Waals surface area contributed by atoms with Gasteiger partial charge in [-0.25, -0.2) is 0 Å². The maximum atomic E-state index is 12.9. The van der Waals surface area contributed by atoms with Gasteiger partial charge in [-0.1, -0.05) is 12.1 Å². The van der Waals surface area contributed by atoms with E-state index in [0.29, 0.717) is 24.7 Å². The zero-order valence-corrected chi connectivity index (χ0v) is 17.9. The summed E-state index contributed by atoms with van der Waals surface area (Å²) in [4.78, 5) is 8.62. The Hall–Kier alpha value is -3.10. The lowest BCUT2D eigenvalue weighted by Gasteiger charge is -2.17. The normalized spacial score (nSPS) is 11.4. The van der Waals surface area contributed by atoms with Crippen molar-refractivity contribution in [2.45, 2.75) is 40.5 Å². The van der Waals surface area contributed by atoms with Crippen molar-refractivity contribution in [2.75, 3.05) is 20.8 Å². The average Bonchev–Trinajstić information content (AvgIpc) is 2.71. The molecule has 2 N–H and O–H groups in total. The molecule has 2 rings (SSSR count). The molecule has 0 saturated heterocycles. The molecule has 0 aliphatic carbocycles. The van der Waals surface area contributed by atoms with Crippen molar-refractivity contribution in [3.05, 3.63) is 46.8 Å². The number of nitrogens with zero attached hydrogens (tertiary/aromatic N) is 2. The highest BCUT2D eigenvalue weighted by molar-refractivity contribution is 5.79. The summed E-state index contributed by atoms with van der Waals surface area (Å²) >= 11 is 0. The number of guanidine groups is 1. The third-order valence-electron chi connectivity index (χ3n) is 4.41. The van der Waals surface area contributed by atoms with Crippen LogP contribution in [0.1, 0.15) is 29.3 Å². The Morgan fingerprint density at radius 3 is 2.53 bits per heavy atom. The summed E-state index contributed by atoms with van der Waals surface area (Å²) in [5.74, 6) is 1.57. The van der Waals surface area contributed by atoms with Gasteiger partial charge >= 0.3 is 6.61 Å². The summed E-state index contributed by atoms with van der Waals surface area (Å²) in [6, 6.07) is 5.01. The van der Waals surface area contributed by atoms with Crippen molar-refractivity contribution in [1.29, 1.82) is 0 Å². The number of nitrogens with one attached hydrogen (secondary N) is 2. The van der Waals surface area contributed by atoms with Crippen LogP contribution in [0.25, 0.3) is 0 Å². The number of aliphatic imine (C=N–C) groups is 1. The molecule has 0 radical (unpaired) electrons. The lowest BCUT2D eigenvalue weighted by molar-refractivity contribution is -0.0520. The molecule has 0 unspecified atom stereocenters. The van der Waals surface area contributed by atoms with Crippen LogP contribution in [0.3, 0.4) is 0 Å². The largest absolute Gasteiger partial charge is 0.496 e. The number of alkyl halides is 2. The van der Waals surface area contributed by atoms with Crippen molar-refractivity contribution in [1.82, 2.24) is 15.6 Å². The fraction of sp³-hybridized carbons (Fsp3) is 0.429. The minimum absolute atomic E-state index is 0.0121. The van der Waals surface area contributed by atoms with E-state index in [0.717, 1.165) is 22.6 Å². The molecule has 0 bridgehead atoms. The van der Waals surface area contributed by atoms with E-state index in [1.54, 1.807) is 45.5 Å². The highest BCUT2D eigenvalue weighted by Gasteiger charge is 2.16. The van der Waals surface area contributed by atoms with Crippen molar-refractivity contribution >= 4 is 5.96 Å². The molecule has 0 aliphatic rings. The van der Waals surface area contributed by atoms with E-state index < -0.39 is 6.61 Å². The van der Waals surface area contributed by atoms with Crippen LogP contribution in [-0.2, 0) is 13.1 Å². The number of halogens is 2. The van der Waals surface area contributed by atoms with Gasteiger partial charge in [-0.2, -0.15) is 8.78 Å². The van der Waals surface area contributed by atoms with Crippen LogP contribution in [0.2, 0.25) is 0 Å². The molecule has 0 atom stereocenters. The molecule has 2 aromatic rings. The lowest BCUT2D eigenvalue weighted by Crippen LogP contribution is -2.36. The molecular formula is C21H28F2N4O3. The third-order valence-corrected chi connectivity index (χ3v) is 4.41. The Balaban J connectivity index is 2.09. The SMILES string of the molecule is CCOc1cccc(CNC(=NC)NCc2ncc(C)c(OC)c2C)c1OC(F)F. The second-order valence-electron chi connectivity index (χ2n) is 6.38. The number of ether oxygens (including phenoxy) is 3. The molecule has 9 heteroatoms. The topological polar surface area (TPSA) is 77.0 Å². The summed E-state index contributed by atoms with van der Waals surface area (Å²) in [5, 5.41) is 6.27. The molecule has 0 spiro atoms. The lowest BCUT2D eigenvalue weighted by atomic mass is 10.1. The molecule has 0 amide bonds. The smallest absolute Gasteiger partial charge is 0.387 e. The average molecular weight is 422 g/mol. The van der Waals surface area contributed by atoms with Crippen molar-refractivity contribution in [3.63, 3.8) is 0 Å². The quantitative estimate of drug-likeness (QED) is 0.475. The first-order chi connectivity index (χ1) is 14.4. The maximum absolute atomic E-state index is 12.9. The van der Waals surface area contributed by atoms with Gasteiger partial charge in [-0.05, 0) is 26.8 Å². The van der Waals surface area contributed by atoms with Crippen LogP contribution >= 0.6 is 0 Å². The van der Waals surface area contributed by atoms with Crippen LogP contribution in [0.15, 0.2) is 29.4 Å². The summed E-state index contributed by atoms with van der Waals surface area (Å²) in [7, 11) is 3.25. The molecule has 0 saturated carbocycles. The Kier molecular flexibility index (Phi) is 8.64. The number of pyridine rings is 1. The number of rotatable bonds is 9. The van der Waals surface area contributed by atoms with Gasteiger partial charge in [0.1, 0.15) is 5.75 Å². The molecule has 164 valence electrons. The van der Waals surface area contributed by atoms with Gasteiger partial charge in [0.25, 0.3) is 0 Å². The van der Waals surface area contributed by atoms with Gasteiger partial charge in [-0.3, -0.25) is 9.98 Å². The molecule has 1 aromatic heterocycles. The van der Waals surface area contributed by atoms with Crippen molar-refractivity contribution in [2.24, 2.45) is 4.99 Å². The van der Waals surface area contributed by atoms with Crippen molar-refractivity contribution in [3.8, 4) is 17.2 Å². The summed E-state index contributed by atoms with van der Waals surface area (Å²) < 4.78 is 41.3. The van der Waals surface area contributed by atoms with E-state index in [-0.39, 0.29) is 18.0 Å². The van der Waals surface area contributed by atoms with Crippen LogP contribution in [-0.4, -0.2) is 38.3 Å². The van der Waals surface area contributed by atoms with E-state index in [4.69, 9.17) is 14.2 Å². The Morgan fingerprint density at radius 2 is 1.90 bits per heavy atom. The number of benzene rings is 1. The summed E-state index contributed by atoms with van der Waals surface area (Å²) in [6.45, 7) is 3.68. The van der Waals surface area contributed by atoms with E-state index in [9.17, 15) is 8.78 Å².